The first-order valence-corrected chi connectivity index (χ1v) is 6.40. The molecule has 1 atom stereocenters. The molecule has 0 heterocycles. The molecule has 1 aromatic carbocycles. The van der Waals surface area contributed by atoms with Gasteiger partial charge in [-0.25, -0.2) is 4.79 Å². The molecule has 1 rings (SSSR count). The van der Waals surface area contributed by atoms with E-state index in [-0.39, 0.29) is 6.61 Å². The van der Waals surface area contributed by atoms with Crippen LogP contribution >= 0.6 is 15.9 Å². The monoisotopic (exact) mass is 329 g/mol. The molecule has 19 heavy (non-hydrogen) atoms. The topological polar surface area (TPSA) is 75.6 Å². The average molecular weight is 330 g/mol. The van der Waals surface area contributed by atoms with E-state index in [1.807, 2.05) is 6.92 Å². The summed E-state index contributed by atoms with van der Waals surface area (Å²) in [5.41, 5.74) is -0.0774. The van der Waals surface area contributed by atoms with Crippen LogP contribution in [-0.2, 0) is 9.53 Å². The Hall–Kier alpha value is -1.40. The number of carboxylic acids is 1. The molecule has 2 N–H and O–H groups in total. The fourth-order valence-electron chi connectivity index (χ4n) is 1.56. The first-order valence-electron chi connectivity index (χ1n) is 5.61. The quantitative estimate of drug-likeness (QED) is 0.866. The molecule has 0 radical (unpaired) electrons. The van der Waals surface area contributed by atoms with Gasteiger partial charge in [0, 0.05) is 11.6 Å². The van der Waals surface area contributed by atoms with Crippen molar-refractivity contribution in [2.24, 2.45) is 0 Å². The minimum absolute atomic E-state index is 0.114. The predicted octanol–water partition coefficient (Wildman–Crippen LogP) is 1.98. The number of amides is 1. The van der Waals surface area contributed by atoms with E-state index in [1.165, 1.54) is 14.0 Å². The van der Waals surface area contributed by atoms with Crippen molar-refractivity contribution in [3.05, 3.63) is 33.8 Å². The maximum atomic E-state index is 12.1. The molecule has 0 aliphatic rings. The molecule has 1 unspecified atom stereocenters. The number of methoxy groups -OCH3 is 1. The lowest BCUT2D eigenvalue weighted by Gasteiger charge is -2.25. The van der Waals surface area contributed by atoms with Crippen LogP contribution in [-0.4, -0.2) is 36.2 Å². The lowest BCUT2D eigenvalue weighted by Crippen LogP contribution is -2.55. The molecule has 0 aromatic heterocycles. The summed E-state index contributed by atoms with van der Waals surface area (Å²) in [5.74, 6) is -1.61. The van der Waals surface area contributed by atoms with Crippen LogP contribution in [0.15, 0.2) is 22.7 Å². The summed E-state index contributed by atoms with van der Waals surface area (Å²) < 4.78 is 5.47. The van der Waals surface area contributed by atoms with Crippen molar-refractivity contribution in [1.29, 1.82) is 0 Å². The number of aryl methyl sites for hydroxylation is 1. The minimum atomic E-state index is -1.46. The predicted molar refractivity (Wildman–Crippen MR) is 74.3 cm³/mol. The Morgan fingerprint density at radius 3 is 2.58 bits per heavy atom. The summed E-state index contributed by atoms with van der Waals surface area (Å²) in [4.78, 5) is 23.3. The summed E-state index contributed by atoms with van der Waals surface area (Å²) >= 11 is 3.29. The van der Waals surface area contributed by atoms with E-state index in [4.69, 9.17) is 9.84 Å². The van der Waals surface area contributed by atoms with Crippen molar-refractivity contribution < 1.29 is 19.4 Å². The Bertz CT molecular complexity index is 503. The zero-order chi connectivity index (χ0) is 14.6. The molecule has 0 saturated heterocycles. The van der Waals surface area contributed by atoms with E-state index < -0.39 is 17.4 Å². The van der Waals surface area contributed by atoms with Gasteiger partial charge < -0.3 is 15.2 Å². The van der Waals surface area contributed by atoms with Crippen LogP contribution in [0.3, 0.4) is 0 Å². The number of hydrogen-bond donors (Lipinski definition) is 2. The third kappa shape index (κ3) is 3.78. The van der Waals surface area contributed by atoms with Crippen LogP contribution in [0.25, 0.3) is 0 Å². The highest BCUT2D eigenvalue weighted by Crippen LogP contribution is 2.19. The number of rotatable bonds is 5. The van der Waals surface area contributed by atoms with Gasteiger partial charge in [0.15, 0.2) is 5.54 Å². The highest BCUT2D eigenvalue weighted by molar-refractivity contribution is 9.10. The fraction of sp³-hybridized carbons (Fsp3) is 0.385. The van der Waals surface area contributed by atoms with Crippen LogP contribution in [0.4, 0.5) is 0 Å². The van der Waals surface area contributed by atoms with Crippen molar-refractivity contribution in [3.8, 4) is 0 Å². The molecule has 0 spiro atoms. The van der Waals surface area contributed by atoms with Crippen molar-refractivity contribution in [2.75, 3.05) is 13.7 Å². The molecular formula is C13H16BrNO4. The van der Waals surface area contributed by atoms with E-state index in [0.717, 1.165) is 5.56 Å². The number of carboxylic acid groups (broad SMARTS) is 1. The maximum absolute atomic E-state index is 12.1. The van der Waals surface area contributed by atoms with Crippen LogP contribution in [0.2, 0.25) is 0 Å². The van der Waals surface area contributed by atoms with Crippen molar-refractivity contribution in [1.82, 2.24) is 5.32 Å². The molecule has 0 aliphatic heterocycles. The van der Waals surface area contributed by atoms with Crippen LogP contribution < -0.4 is 5.32 Å². The number of benzene rings is 1. The highest BCUT2D eigenvalue weighted by atomic mass is 79.9. The highest BCUT2D eigenvalue weighted by Gasteiger charge is 2.35. The molecule has 0 aliphatic carbocycles. The molecule has 1 aromatic rings. The molecule has 0 bridgehead atoms. The number of carbonyl (C=O) groups is 2. The van der Waals surface area contributed by atoms with Crippen LogP contribution in [0, 0.1) is 6.92 Å². The molecule has 104 valence electrons. The number of carbonyl (C=O) groups excluding carboxylic acids is 1. The van der Waals surface area contributed by atoms with Gasteiger partial charge in [0.2, 0.25) is 0 Å². The van der Waals surface area contributed by atoms with Gasteiger partial charge in [-0.2, -0.15) is 0 Å². The normalized spacial score (nSPS) is 13.7. The van der Waals surface area contributed by atoms with Gasteiger partial charge >= 0.3 is 5.97 Å². The Labute approximate surface area is 120 Å². The SMILES string of the molecule is COCC(C)(NC(=O)c1ccc(C)cc1Br)C(=O)O. The Morgan fingerprint density at radius 2 is 2.11 bits per heavy atom. The van der Waals surface area contributed by atoms with Crippen molar-refractivity contribution >= 4 is 27.8 Å². The largest absolute Gasteiger partial charge is 0.479 e. The van der Waals surface area contributed by atoms with E-state index in [9.17, 15) is 9.59 Å². The second-order valence-corrected chi connectivity index (χ2v) is 5.36. The summed E-state index contributed by atoms with van der Waals surface area (Å²) in [6, 6.07) is 5.22. The molecule has 0 fully saturated rings. The van der Waals surface area contributed by atoms with Crippen LogP contribution in [0.1, 0.15) is 22.8 Å². The van der Waals surface area contributed by atoms with Gasteiger partial charge in [-0.3, -0.25) is 4.79 Å². The van der Waals surface area contributed by atoms with Crippen LogP contribution in [0.5, 0.6) is 0 Å². The first kappa shape index (κ1) is 15.7. The minimum Gasteiger partial charge on any atom is -0.479 e. The maximum Gasteiger partial charge on any atom is 0.331 e. The Kier molecular flexibility index (Phi) is 5.08. The number of aliphatic carboxylic acids is 1. The summed E-state index contributed by atoms with van der Waals surface area (Å²) in [6.07, 6.45) is 0. The van der Waals surface area contributed by atoms with Crippen molar-refractivity contribution in [2.45, 2.75) is 19.4 Å². The van der Waals surface area contributed by atoms with Gasteiger partial charge in [0.1, 0.15) is 0 Å². The van der Waals surface area contributed by atoms with E-state index in [2.05, 4.69) is 21.2 Å². The third-order valence-electron chi connectivity index (χ3n) is 2.66. The number of halogens is 1. The van der Waals surface area contributed by atoms with Gasteiger partial charge in [-0.1, -0.05) is 6.07 Å². The number of nitrogens with one attached hydrogen (secondary N) is 1. The summed E-state index contributed by atoms with van der Waals surface area (Å²) in [5, 5.41) is 11.6. The molecule has 0 saturated carbocycles. The van der Waals surface area contributed by atoms with Gasteiger partial charge in [-0.15, -0.1) is 0 Å². The standard InChI is InChI=1S/C13H16BrNO4/c1-8-4-5-9(10(14)6-8)11(16)15-13(2,7-19-3)12(17)18/h4-6H,7H2,1-3H3,(H,15,16)(H,17,18). The molecule has 6 heteroatoms. The average Bonchev–Trinajstić information content (AvgIpc) is 2.28. The lowest BCUT2D eigenvalue weighted by molar-refractivity contribution is -0.145. The van der Waals surface area contributed by atoms with E-state index >= 15 is 0 Å². The lowest BCUT2D eigenvalue weighted by atomic mass is 10.0. The van der Waals surface area contributed by atoms with E-state index in [0.29, 0.717) is 10.0 Å². The molecular weight excluding hydrogens is 314 g/mol. The smallest absolute Gasteiger partial charge is 0.331 e. The number of ether oxygens (including phenoxy) is 1. The zero-order valence-electron chi connectivity index (χ0n) is 11.0. The Balaban J connectivity index is 2.97. The molecule has 1 amide bonds. The fourth-order valence-corrected chi connectivity index (χ4v) is 2.24. The van der Waals surface area contributed by atoms with E-state index in [1.54, 1.807) is 18.2 Å². The second kappa shape index (κ2) is 6.16. The second-order valence-electron chi connectivity index (χ2n) is 4.51. The Morgan fingerprint density at radius 1 is 1.47 bits per heavy atom. The van der Waals surface area contributed by atoms with Gasteiger partial charge in [0.25, 0.3) is 5.91 Å². The zero-order valence-corrected chi connectivity index (χ0v) is 12.6. The summed E-state index contributed by atoms with van der Waals surface area (Å²) in [6.45, 7) is 3.19. The first-order chi connectivity index (χ1) is 8.80. The molecule has 5 nitrogen and oxygen atoms in total. The summed E-state index contributed by atoms with van der Waals surface area (Å²) in [7, 11) is 1.38. The third-order valence-corrected chi connectivity index (χ3v) is 3.32. The van der Waals surface area contributed by atoms with Crippen molar-refractivity contribution in [3.63, 3.8) is 0 Å². The van der Waals surface area contributed by atoms with Gasteiger partial charge in [-0.05, 0) is 47.5 Å². The van der Waals surface area contributed by atoms with Gasteiger partial charge in [0.05, 0.1) is 12.2 Å². The number of hydrogen-bond acceptors (Lipinski definition) is 3.